The SMILES string of the molecule is CCC(C)CCCCCCCCCCCCCCCCCCCCC(=O)OC[C@H](COC(=O)CCCCCCCCCCCCCCC(C)C)OC(=O)CCCCCCCCC(C)C. The van der Waals surface area contributed by atoms with E-state index in [1.165, 1.54) is 199 Å². The van der Waals surface area contributed by atoms with Crippen molar-refractivity contribution in [3.8, 4) is 0 Å². The average Bonchev–Trinajstić information content (AvgIpc) is 3.27. The lowest BCUT2D eigenvalue weighted by atomic mass is 9.99. The first-order chi connectivity index (χ1) is 31.1. The van der Waals surface area contributed by atoms with Crippen LogP contribution in [0.5, 0.6) is 0 Å². The standard InChI is InChI=1S/C58H112O6/c1-7-54(6)46-40-34-27-23-19-14-12-10-8-9-11-13-15-20-24-28-35-41-47-56(59)62-50-55(64-58(61)49-43-37-31-30-33-39-45-53(4)5)51-63-57(60)48-42-36-29-25-21-17-16-18-22-26-32-38-44-52(2)3/h52-55H,7-51H2,1-6H3/t54?,55-/m1/s1. The number of hydrogen-bond acceptors (Lipinski definition) is 6. The first kappa shape index (κ1) is 62.4. The van der Waals surface area contributed by atoms with Crippen LogP contribution in [0.2, 0.25) is 0 Å². The third kappa shape index (κ3) is 49.8. The Morgan fingerprint density at radius 3 is 0.812 bits per heavy atom. The topological polar surface area (TPSA) is 78.9 Å². The molecule has 0 aliphatic carbocycles. The molecule has 0 aliphatic rings. The summed E-state index contributed by atoms with van der Waals surface area (Å²) in [6, 6.07) is 0. The van der Waals surface area contributed by atoms with E-state index in [0.29, 0.717) is 19.3 Å². The van der Waals surface area contributed by atoms with Crippen LogP contribution in [-0.2, 0) is 28.6 Å². The fraction of sp³-hybridized carbons (Fsp3) is 0.948. The molecule has 0 N–H and O–H groups in total. The van der Waals surface area contributed by atoms with Crippen molar-refractivity contribution in [2.75, 3.05) is 13.2 Å². The zero-order chi connectivity index (χ0) is 47.0. The van der Waals surface area contributed by atoms with Gasteiger partial charge in [-0.2, -0.15) is 0 Å². The highest BCUT2D eigenvalue weighted by atomic mass is 16.6. The monoisotopic (exact) mass is 905 g/mol. The van der Waals surface area contributed by atoms with Crippen LogP contribution in [0.4, 0.5) is 0 Å². The highest BCUT2D eigenvalue weighted by Gasteiger charge is 2.19. The molecule has 0 fully saturated rings. The second-order valence-electron chi connectivity index (χ2n) is 21.1. The first-order valence-corrected chi connectivity index (χ1v) is 28.6. The maximum atomic E-state index is 12.8. The summed E-state index contributed by atoms with van der Waals surface area (Å²) >= 11 is 0. The Bertz CT molecular complexity index is 993. The van der Waals surface area contributed by atoms with Crippen molar-refractivity contribution >= 4 is 17.9 Å². The Morgan fingerprint density at radius 2 is 0.547 bits per heavy atom. The van der Waals surface area contributed by atoms with Crippen LogP contribution >= 0.6 is 0 Å². The summed E-state index contributed by atoms with van der Waals surface area (Å²) in [7, 11) is 0. The van der Waals surface area contributed by atoms with Gasteiger partial charge in [0.2, 0.25) is 0 Å². The fourth-order valence-electron chi connectivity index (χ4n) is 8.79. The predicted octanol–water partition coefficient (Wildman–Crippen LogP) is 18.7. The van der Waals surface area contributed by atoms with Gasteiger partial charge in [0.05, 0.1) is 0 Å². The third-order valence-corrected chi connectivity index (χ3v) is 13.5. The Kier molecular flexibility index (Phi) is 48.1. The van der Waals surface area contributed by atoms with Gasteiger partial charge in [0.15, 0.2) is 6.10 Å². The van der Waals surface area contributed by atoms with Crippen molar-refractivity contribution in [3.05, 3.63) is 0 Å². The quantitative estimate of drug-likeness (QED) is 0.0344. The van der Waals surface area contributed by atoms with E-state index >= 15 is 0 Å². The molecule has 0 radical (unpaired) electrons. The van der Waals surface area contributed by atoms with Gasteiger partial charge in [0, 0.05) is 19.3 Å². The molecular weight excluding hydrogens is 793 g/mol. The third-order valence-electron chi connectivity index (χ3n) is 13.5. The van der Waals surface area contributed by atoms with Crippen LogP contribution in [0.3, 0.4) is 0 Å². The summed E-state index contributed by atoms with van der Waals surface area (Å²) in [6.45, 7) is 13.7. The maximum absolute atomic E-state index is 12.8. The minimum atomic E-state index is -0.764. The van der Waals surface area contributed by atoms with Gasteiger partial charge in [-0.15, -0.1) is 0 Å². The molecule has 0 spiro atoms. The number of unbranched alkanes of at least 4 members (excludes halogenated alkanes) is 33. The normalized spacial score (nSPS) is 12.6. The molecule has 380 valence electrons. The van der Waals surface area contributed by atoms with E-state index in [4.69, 9.17) is 14.2 Å². The highest BCUT2D eigenvalue weighted by molar-refractivity contribution is 5.71. The van der Waals surface area contributed by atoms with Crippen molar-refractivity contribution < 1.29 is 28.6 Å². The van der Waals surface area contributed by atoms with Crippen molar-refractivity contribution in [1.82, 2.24) is 0 Å². The Balaban J connectivity index is 4.16. The van der Waals surface area contributed by atoms with Crippen LogP contribution in [-0.4, -0.2) is 37.2 Å². The average molecular weight is 906 g/mol. The number of ether oxygens (including phenoxy) is 3. The lowest BCUT2D eigenvalue weighted by molar-refractivity contribution is -0.167. The molecule has 6 nitrogen and oxygen atoms in total. The summed E-state index contributed by atoms with van der Waals surface area (Å²) < 4.78 is 16.8. The molecule has 6 heteroatoms. The van der Waals surface area contributed by atoms with Crippen LogP contribution in [0.15, 0.2) is 0 Å². The molecule has 1 unspecified atom stereocenters. The molecular formula is C58H112O6. The zero-order valence-corrected chi connectivity index (χ0v) is 44.1. The van der Waals surface area contributed by atoms with Crippen molar-refractivity contribution in [2.45, 2.75) is 324 Å². The summed E-state index contributed by atoms with van der Waals surface area (Å²) in [5.41, 5.74) is 0. The van der Waals surface area contributed by atoms with Gasteiger partial charge >= 0.3 is 17.9 Å². The molecule has 0 saturated carbocycles. The van der Waals surface area contributed by atoms with E-state index in [1.807, 2.05) is 0 Å². The largest absolute Gasteiger partial charge is 0.462 e. The van der Waals surface area contributed by atoms with Crippen LogP contribution in [0, 0.1) is 17.8 Å². The second kappa shape index (κ2) is 49.3. The van der Waals surface area contributed by atoms with E-state index in [9.17, 15) is 14.4 Å². The molecule has 0 amide bonds. The number of esters is 3. The van der Waals surface area contributed by atoms with E-state index in [1.54, 1.807) is 0 Å². The Morgan fingerprint density at radius 1 is 0.312 bits per heavy atom. The predicted molar refractivity (Wildman–Crippen MR) is 275 cm³/mol. The summed E-state index contributed by atoms with van der Waals surface area (Å²) in [4.78, 5) is 38.0. The maximum Gasteiger partial charge on any atom is 0.306 e. The number of rotatable bonds is 51. The molecule has 0 saturated heterocycles. The lowest BCUT2D eigenvalue weighted by Gasteiger charge is -2.18. The van der Waals surface area contributed by atoms with Crippen molar-refractivity contribution in [3.63, 3.8) is 0 Å². The molecule has 64 heavy (non-hydrogen) atoms. The van der Waals surface area contributed by atoms with Crippen LogP contribution < -0.4 is 0 Å². The van der Waals surface area contributed by atoms with Gasteiger partial charge in [-0.25, -0.2) is 0 Å². The zero-order valence-electron chi connectivity index (χ0n) is 44.1. The van der Waals surface area contributed by atoms with Gasteiger partial charge in [0.1, 0.15) is 13.2 Å². The number of carbonyl (C=O) groups is 3. The molecule has 0 aromatic rings. The smallest absolute Gasteiger partial charge is 0.306 e. The van der Waals surface area contributed by atoms with E-state index in [-0.39, 0.29) is 31.1 Å². The summed E-state index contributed by atoms with van der Waals surface area (Å²) in [5, 5.41) is 0. The summed E-state index contributed by atoms with van der Waals surface area (Å²) in [5.74, 6) is 1.65. The van der Waals surface area contributed by atoms with Crippen molar-refractivity contribution in [2.24, 2.45) is 17.8 Å². The molecule has 0 heterocycles. The van der Waals surface area contributed by atoms with Gasteiger partial charge < -0.3 is 14.2 Å². The van der Waals surface area contributed by atoms with Crippen LogP contribution in [0.1, 0.15) is 318 Å². The van der Waals surface area contributed by atoms with Gasteiger partial charge in [-0.05, 0) is 37.0 Å². The Labute approximate surface area is 399 Å². The van der Waals surface area contributed by atoms with Gasteiger partial charge in [-0.1, -0.05) is 279 Å². The summed E-state index contributed by atoms with van der Waals surface area (Å²) in [6.07, 6.45) is 51.1. The van der Waals surface area contributed by atoms with Crippen molar-refractivity contribution in [1.29, 1.82) is 0 Å². The van der Waals surface area contributed by atoms with Crippen LogP contribution in [0.25, 0.3) is 0 Å². The fourth-order valence-corrected chi connectivity index (χ4v) is 8.79. The minimum Gasteiger partial charge on any atom is -0.462 e. The molecule has 0 aliphatic heterocycles. The lowest BCUT2D eigenvalue weighted by Crippen LogP contribution is -2.30. The number of hydrogen-bond donors (Lipinski definition) is 0. The minimum absolute atomic E-state index is 0.0649. The Hall–Kier alpha value is -1.59. The van der Waals surface area contributed by atoms with Gasteiger partial charge in [-0.3, -0.25) is 14.4 Å². The van der Waals surface area contributed by atoms with Gasteiger partial charge in [0.25, 0.3) is 0 Å². The van der Waals surface area contributed by atoms with E-state index < -0.39 is 6.10 Å². The van der Waals surface area contributed by atoms with E-state index in [0.717, 1.165) is 75.5 Å². The molecule has 0 rings (SSSR count). The molecule has 2 atom stereocenters. The highest BCUT2D eigenvalue weighted by Crippen LogP contribution is 2.19. The molecule has 0 aromatic heterocycles. The second-order valence-corrected chi connectivity index (χ2v) is 21.1. The van der Waals surface area contributed by atoms with E-state index in [2.05, 4.69) is 41.5 Å². The molecule has 0 bridgehead atoms. The molecule has 0 aromatic carbocycles. The number of carbonyl (C=O) groups excluding carboxylic acids is 3. The first-order valence-electron chi connectivity index (χ1n) is 28.6.